The Labute approximate surface area is 129 Å². The molecular weight excluding hydrogens is 278 g/mol. The molecule has 4 rings (SSSR count). The van der Waals surface area contributed by atoms with Gasteiger partial charge in [0.05, 0.1) is 12.0 Å². The number of nitrogens with zero attached hydrogens (tertiary/aromatic N) is 1. The molecule has 0 unspecified atom stereocenters. The Bertz CT molecular complexity index is 714. The van der Waals surface area contributed by atoms with Crippen molar-refractivity contribution in [1.82, 2.24) is 0 Å². The minimum atomic E-state index is 0.0469. The molecule has 4 nitrogen and oxygen atoms in total. The number of amides is 1. The molecule has 2 aliphatic heterocycles. The number of rotatable bonds is 3. The van der Waals surface area contributed by atoms with Gasteiger partial charge >= 0.3 is 0 Å². The van der Waals surface area contributed by atoms with Gasteiger partial charge in [-0.05, 0) is 36.2 Å². The number of para-hydroxylation sites is 1. The third-order valence-corrected chi connectivity index (χ3v) is 4.45. The molecule has 2 aromatic carbocycles. The average molecular weight is 295 g/mol. The summed E-state index contributed by atoms with van der Waals surface area (Å²) in [6, 6.07) is 16.0. The maximum Gasteiger partial charge on any atom is 0.232 e. The normalized spacial score (nSPS) is 22.6. The van der Waals surface area contributed by atoms with Gasteiger partial charge < -0.3 is 14.4 Å². The van der Waals surface area contributed by atoms with Crippen molar-refractivity contribution < 1.29 is 14.3 Å². The van der Waals surface area contributed by atoms with Crippen LogP contribution in [0, 0.1) is 5.92 Å². The molecule has 22 heavy (non-hydrogen) atoms. The zero-order valence-electron chi connectivity index (χ0n) is 12.4. The van der Waals surface area contributed by atoms with E-state index in [0.717, 1.165) is 29.2 Å². The van der Waals surface area contributed by atoms with Gasteiger partial charge in [0.2, 0.25) is 12.7 Å². The van der Waals surface area contributed by atoms with Crippen LogP contribution in [0.25, 0.3) is 0 Å². The minimum Gasteiger partial charge on any atom is -0.454 e. The first-order valence-corrected chi connectivity index (χ1v) is 7.51. The molecule has 2 heterocycles. The van der Waals surface area contributed by atoms with Crippen LogP contribution in [0.2, 0.25) is 0 Å². The molecule has 1 amide bonds. The van der Waals surface area contributed by atoms with Crippen molar-refractivity contribution in [2.75, 3.05) is 11.7 Å². The van der Waals surface area contributed by atoms with Crippen LogP contribution in [0.5, 0.6) is 11.5 Å². The Balaban J connectivity index is 1.57. The van der Waals surface area contributed by atoms with Gasteiger partial charge in [0.25, 0.3) is 0 Å². The number of β-lactam (4-membered cyclic amide) rings is 1. The van der Waals surface area contributed by atoms with Gasteiger partial charge in [-0.3, -0.25) is 4.79 Å². The van der Waals surface area contributed by atoms with E-state index in [4.69, 9.17) is 9.47 Å². The van der Waals surface area contributed by atoms with Crippen molar-refractivity contribution in [2.24, 2.45) is 5.92 Å². The van der Waals surface area contributed by atoms with Crippen LogP contribution in [-0.2, 0) is 11.2 Å². The number of fused-ring (bicyclic) bond motifs is 1. The number of hydrogen-bond donors (Lipinski definition) is 0. The second-order valence-electron chi connectivity index (χ2n) is 5.79. The van der Waals surface area contributed by atoms with Crippen molar-refractivity contribution in [3.05, 3.63) is 54.1 Å². The minimum absolute atomic E-state index is 0.0469. The van der Waals surface area contributed by atoms with Crippen molar-refractivity contribution in [1.29, 1.82) is 0 Å². The zero-order valence-corrected chi connectivity index (χ0v) is 12.4. The Morgan fingerprint density at radius 2 is 1.86 bits per heavy atom. The molecule has 0 bridgehead atoms. The third kappa shape index (κ3) is 2.03. The first kappa shape index (κ1) is 13.2. The van der Waals surface area contributed by atoms with E-state index in [0.29, 0.717) is 0 Å². The highest BCUT2D eigenvalue weighted by molar-refractivity contribution is 6.02. The van der Waals surface area contributed by atoms with Crippen LogP contribution in [0.3, 0.4) is 0 Å². The average Bonchev–Trinajstić information content (AvgIpc) is 3.02. The number of anilines is 1. The fourth-order valence-electron chi connectivity index (χ4n) is 3.17. The van der Waals surface area contributed by atoms with Gasteiger partial charge in [0.15, 0.2) is 11.5 Å². The Kier molecular flexibility index (Phi) is 3.03. The van der Waals surface area contributed by atoms with Gasteiger partial charge in [-0.1, -0.05) is 31.2 Å². The van der Waals surface area contributed by atoms with E-state index in [2.05, 4.69) is 0 Å². The van der Waals surface area contributed by atoms with Crippen LogP contribution in [0.15, 0.2) is 48.5 Å². The van der Waals surface area contributed by atoms with Crippen LogP contribution in [-0.4, -0.2) is 18.7 Å². The van der Waals surface area contributed by atoms with Gasteiger partial charge in [-0.2, -0.15) is 0 Å². The Morgan fingerprint density at radius 1 is 1.09 bits per heavy atom. The monoisotopic (exact) mass is 295 g/mol. The molecule has 2 aromatic rings. The second kappa shape index (κ2) is 5.05. The van der Waals surface area contributed by atoms with Crippen LogP contribution >= 0.6 is 0 Å². The summed E-state index contributed by atoms with van der Waals surface area (Å²) in [5.41, 5.74) is 2.13. The predicted molar refractivity (Wildman–Crippen MR) is 83.1 cm³/mol. The van der Waals surface area contributed by atoms with Crippen LogP contribution < -0.4 is 14.4 Å². The van der Waals surface area contributed by atoms with Gasteiger partial charge in [-0.25, -0.2) is 0 Å². The summed E-state index contributed by atoms with van der Waals surface area (Å²) in [4.78, 5) is 14.1. The number of hydrogen-bond acceptors (Lipinski definition) is 3. The fourth-order valence-corrected chi connectivity index (χ4v) is 3.17. The quantitative estimate of drug-likeness (QED) is 0.817. The van der Waals surface area contributed by atoms with Crippen molar-refractivity contribution in [2.45, 2.75) is 19.4 Å². The topological polar surface area (TPSA) is 38.8 Å². The van der Waals surface area contributed by atoms with Crippen molar-refractivity contribution in [3.63, 3.8) is 0 Å². The SMILES string of the molecule is C[C@H]1C(=O)N(c2ccccc2)[C@@H]1Cc1ccc2c(c1)OCO2. The summed E-state index contributed by atoms with van der Waals surface area (Å²) in [5, 5.41) is 0. The van der Waals surface area contributed by atoms with E-state index in [1.165, 1.54) is 0 Å². The predicted octanol–water partition coefficient (Wildman–Crippen LogP) is 3.01. The number of ether oxygens (including phenoxy) is 2. The molecular formula is C18H17NO3. The van der Waals surface area contributed by atoms with E-state index < -0.39 is 0 Å². The molecule has 112 valence electrons. The lowest BCUT2D eigenvalue weighted by Gasteiger charge is -2.46. The van der Waals surface area contributed by atoms with Crippen molar-refractivity contribution >= 4 is 11.6 Å². The Morgan fingerprint density at radius 3 is 2.68 bits per heavy atom. The molecule has 0 radical (unpaired) electrons. The summed E-state index contributed by atoms with van der Waals surface area (Å²) in [6.07, 6.45) is 0.818. The Hall–Kier alpha value is -2.49. The fraction of sp³-hybridized carbons (Fsp3) is 0.278. The molecule has 4 heteroatoms. The maximum absolute atomic E-state index is 12.2. The highest BCUT2D eigenvalue weighted by Gasteiger charge is 2.44. The van der Waals surface area contributed by atoms with E-state index in [1.807, 2.05) is 60.4 Å². The first-order valence-electron chi connectivity index (χ1n) is 7.51. The molecule has 1 saturated heterocycles. The number of benzene rings is 2. The standard InChI is InChI=1S/C18H17NO3/c1-12-15(19(18(12)20)14-5-3-2-4-6-14)9-13-7-8-16-17(10-13)22-11-21-16/h2-8,10,12,15H,9,11H2,1H3/t12-,15-/m1/s1. The maximum atomic E-state index is 12.2. The molecule has 0 saturated carbocycles. The highest BCUT2D eigenvalue weighted by atomic mass is 16.7. The van der Waals surface area contributed by atoms with Crippen LogP contribution in [0.1, 0.15) is 12.5 Å². The van der Waals surface area contributed by atoms with Crippen molar-refractivity contribution in [3.8, 4) is 11.5 Å². The number of carbonyl (C=O) groups is 1. The van der Waals surface area contributed by atoms with Gasteiger partial charge in [-0.15, -0.1) is 0 Å². The summed E-state index contributed by atoms with van der Waals surface area (Å²) >= 11 is 0. The van der Waals surface area contributed by atoms with E-state index in [-0.39, 0.29) is 24.7 Å². The smallest absolute Gasteiger partial charge is 0.232 e. The summed E-state index contributed by atoms with van der Waals surface area (Å²) in [5.74, 6) is 1.83. The van der Waals surface area contributed by atoms with Gasteiger partial charge in [0.1, 0.15) is 0 Å². The second-order valence-corrected chi connectivity index (χ2v) is 5.79. The van der Waals surface area contributed by atoms with Gasteiger partial charge in [0, 0.05) is 5.69 Å². The molecule has 1 fully saturated rings. The zero-order chi connectivity index (χ0) is 15.1. The molecule has 2 aliphatic rings. The van der Waals surface area contributed by atoms with Crippen LogP contribution in [0.4, 0.5) is 5.69 Å². The molecule has 0 aromatic heterocycles. The lowest BCUT2D eigenvalue weighted by atomic mass is 9.84. The number of carbonyl (C=O) groups excluding carboxylic acids is 1. The van der Waals surface area contributed by atoms with E-state index >= 15 is 0 Å². The molecule has 0 aliphatic carbocycles. The summed E-state index contributed by atoms with van der Waals surface area (Å²) in [6.45, 7) is 2.28. The summed E-state index contributed by atoms with van der Waals surface area (Å²) in [7, 11) is 0. The first-order chi connectivity index (χ1) is 10.7. The lowest BCUT2D eigenvalue weighted by molar-refractivity contribution is -0.129. The molecule has 2 atom stereocenters. The summed E-state index contributed by atoms with van der Waals surface area (Å²) < 4.78 is 10.8. The highest BCUT2D eigenvalue weighted by Crippen LogP contribution is 2.37. The lowest BCUT2D eigenvalue weighted by Crippen LogP contribution is -2.61. The van der Waals surface area contributed by atoms with E-state index in [9.17, 15) is 4.79 Å². The van der Waals surface area contributed by atoms with E-state index in [1.54, 1.807) is 0 Å². The molecule has 0 N–H and O–H groups in total. The molecule has 0 spiro atoms. The largest absolute Gasteiger partial charge is 0.454 e. The third-order valence-electron chi connectivity index (χ3n) is 4.45.